The molecule has 5 heteroatoms. The zero-order valence-corrected chi connectivity index (χ0v) is 11.9. The van der Waals surface area contributed by atoms with Crippen LogP contribution in [0.5, 0.6) is 11.5 Å². The molecule has 0 radical (unpaired) electrons. The second-order valence-electron chi connectivity index (χ2n) is 4.05. The summed E-state index contributed by atoms with van der Waals surface area (Å²) in [7, 11) is 0. The molecule has 0 unspecified atom stereocenters. The summed E-state index contributed by atoms with van der Waals surface area (Å²) in [6.07, 6.45) is 0. The first-order valence-electron chi connectivity index (χ1n) is 5.92. The second kappa shape index (κ2) is 6.07. The third-order valence-electron chi connectivity index (χ3n) is 2.85. The van der Waals surface area contributed by atoms with Crippen molar-refractivity contribution in [3.8, 4) is 17.6 Å². The van der Waals surface area contributed by atoms with E-state index in [9.17, 15) is 0 Å². The first-order chi connectivity index (χ1) is 8.74. The first kappa shape index (κ1) is 13.2. The van der Waals surface area contributed by atoms with Gasteiger partial charge < -0.3 is 9.47 Å². The first-order valence-corrected chi connectivity index (χ1v) is 6.71. The van der Waals surface area contributed by atoms with E-state index in [0.29, 0.717) is 19.8 Å². The number of hydrogen-bond acceptors (Lipinski definition) is 4. The fourth-order valence-corrected chi connectivity index (χ4v) is 2.30. The molecular formula is C13H15BrN2O2. The lowest BCUT2D eigenvalue weighted by Gasteiger charge is -2.22. The number of ether oxygens (including phenoxy) is 2. The highest BCUT2D eigenvalue weighted by atomic mass is 79.9. The van der Waals surface area contributed by atoms with Crippen molar-refractivity contribution in [2.24, 2.45) is 0 Å². The van der Waals surface area contributed by atoms with E-state index in [1.807, 2.05) is 19.1 Å². The summed E-state index contributed by atoms with van der Waals surface area (Å²) in [6.45, 7) is 5.22. The Hall–Kier alpha value is -1.25. The Morgan fingerprint density at radius 2 is 2.00 bits per heavy atom. The summed E-state index contributed by atoms with van der Waals surface area (Å²) in [5.74, 6) is 1.56. The molecule has 2 rings (SSSR count). The fraction of sp³-hybridized carbons (Fsp3) is 0.462. The molecule has 1 aromatic rings. The maximum absolute atomic E-state index is 8.76. The minimum absolute atomic E-state index is 0.428. The Morgan fingerprint density at radius 3 is 2.61 bits per heavy atom. The molecular weight excluding hydrogens is 296 g/mol. The van der Waals surface area contributed by atoms with E-state index >= 15 is 0 Å². The number of halogens is 1. The van der Waals surface area contributed by atoms with Gasteiger partial charge >= 0.3 is 0 Å². The highest BCUT2D eigenvalue weighted by Crippen LogP contribution is 2.35. The number of rotatable bonds is 4. The molecule has 96 valence electrons. The van der Waals surface area contributed by atoms with Gasteiger partial charge in [-0.25, -0.2) is 0 Å². The Kier molecular flexibility index (Phi) is 4.45. The van der Waals surface area contributed by atoms with Crippen LogP contribution in [-0.2, 0) is 6.54 Å². The molecule has 0 aromatic heterocycles. The molecule has 0 saturated carbocycles. The van der Waals surface area contributed by atoms with E-state index in [4.69, 9.17) is 14.7 Å². The molecule has 0 bridgehead atoms. The van der Waals surface area contributed by atoms with Crippen molar-refractivity contribution in [2.75, 3.05) is 26.3 Å². The van der Waals surface area contributed by atoms with Crippen LogP contribution in [0.3, 0.4) is 0 Å². The zero-order chi connectivity index (χ0) is 13.0. The summed E-state index contributed by atoms with van der Waals surface area (Å²) in [6, 6.07) is 6.09. The Balaban J connectivity index is 2.20. The summed E-state index contributed by atoms with van der Waals surface area (Å²) in [4.78, 5) is 2.07. The number of hydrogen-bond donors (Lipinski definition) is 0. The Morgan fingerprint density at radius 1 is 1.33 bits per heavy atom. The minimum atomic E-state index is 0.428. The molecule has 0 amide bonds. The lowest BCUT2D eigenvalue weighted by Crippen LogP contribution is -2.23. The van der Waals surface area contributed by atoms with Crippen molar-refractivity contribution in [1.29, 1.82) is 5.26 Å². The average molecular weight is 311 g/mol. The number of nitrogens with zero attached hydrogens (tertiary/aromatic N) is 2. The molecule has 0 N–H and O–H groups in total. The number of fused-ring (bicyclic) bond motifs is 1. The lowest BCUT2D eigenvalue weighted by molar-refractivity contribution is 0.171. The van der Waals surface area contributed by atoms with Gasteiger partial charge in [0, 0.05) is 11.0 Å². The summed E-state index contributed by atoms with van der Waals surface area (Å²) >= 11 is 3.54. The van der Waals surface area contributed by atoms with Crippen LogP contribution in [0.2, 0.25) is 0 Å². The van der Waals surface area contributed by atoms with Gasteiger partial charge in [0.15, 0.2) is 11.5 Å². The van der Waals surface area contributed by atoms with Gasteiger partial charge in [-0.3, -0.25) is 4.90 Å². The standard InChI is InChI=1S/C13H15BrN2O2/c1-2-16(4-3-15)9-10-7-12-13(8-11(10)14)18-6-5-17-12/h7-8H,2,4-6,9H2,1H3. The van der Waals surface area contributed by atoms with Crippen molar-refractivity contribution in [3.05, 3.63) is 22.2 Å². The SMILES string of the molecule is CCN(CC#N)Cc1cc2c(cc1Br)OCCO2. The van der Waals surface area contributed by atoms with Crippen LogP contribution in [0.4, 0.5) is 0 Å². The van der Waals surface area contributed by atoms with E-state index in [1.54, 1.807) is 0 Å². The Bertz CT molecular complexity index is 471. The lowest BCUT2D eigenvalue weighted by atomic mass is 10.2. The monoisotopic (exact) mass is 310 g/mol. The maximum atomic E-state index is 8.76. The molecule has 1 aromatic carbocycles. The third kappa shape index (κ3) is 2.95. The van der Waals surface area contributed by atoms with Crippen LogP contribution in [0.25, 0.3) is 0 Å². The predicted molar refractivity (Wildman–Crippen MR) is 71.7 cm³/mol. The largest absolute Gasteiger partial charge is 0.486 e. The van der Waals surface area contributed by atoms with Gasteiger partial charge in [-0.2, -0.15) is 5.26 Å². The van der Waals surface area contributed by atoms with Gasteiger partial charge in [-0.15, -0.1) is 0 Å². The Labute approximate surface area is 115 Å². The fourth-order valence-electron chi connectivity index (χ4n) is 1.85. The normalized spacial score (nSPS) is 13.4. The summed E-state index contributed by atoms with van der Waals surface area (Å²) in [5, 5.41) is 8.76. The second-order valence-corrected chi connectivity index (χ2v) is 4.90. The van der Waals surface area contributed by atoms with Crippen molar-refractivity contribution >= 4 is 15.9 Å². The molecule has 0 atom stereocenters. The third-order valence-corrected chi connectivity index (χ3v) is 3.58. The van der Waals surface area contributed by atoms with E-state index in [-0.39, 0.29) is 0 Å². The minimum Gasteiger partial charge on any atom is -0.486 e. The molecule has 1 aliphatic heterocycles. The molecule has 1 heterocycles. The van der Waals surface area contributed by atoms with Gasteiger partial charge in [-0.1, -0.05) is 22.9 Å². The molecule has 18 heavy (non-hydrogen) atoms. The van der Waals surface area contributed by atoms with Gasteiger partial charge in [0.25, 0.3) is 0 Å². The van der Waals surface area contributed by atoms with Crippen LogP contribution >= 0.6 is 15.9 Å². The molecule has 0 aliphatic carbocycles. The number of nitriles is 1. The zero-order valence-electron chi connectivity index (χ0n) is 10.3. The molecule has 1 aliphatic rings. The maximum Gasteiger partial charge on any atom is 0.162 e. The molecule has 0 fully saturated rings. The van der Waals surface area contributed by atoms with Crippen molar-refractivity contribution in [3.63, 3.8) is 0 Å². The van der Waals surface area contributed by atoms with E-state index < -0.39 is 0 Å². The highest BCUT2D eigenvalue weighted by Gasteiger charge is 2.16. The topological polar surface area (TPSA) is 45.5 Å². The van der Waals surface area contributed by atoms with Crippen molar-refractivity contribution in [1.82, 2.24) is 4.90 Å². The van der Waals surface area contributed by atoms with E-state index in [1.165, 1.54) is 0 Å². The van der Waals surface area contributed by atoms with E-state index in [0.717, 1.165) is 34.6 Å². The van der Waals surface area contributed by atoms with Gasteiger partial charge in [0.2, 0.25) is 0 Å². The van der Waals surface area contributed by atoms with Crippen LogP contribution in [0, 0.1) is 11.3 Å². The molecule has 0 spiro atoms. The van der Waals surface area contributed by atoms with E-state index in [2.05, 4.69) is 26.9 Å². The quantitative estimate of drug-likeness (QED) is 0.802. The van der Waals surface area contributed by atoms with Crippen LogP contribution < -0.4 is 9.47 Å². The van der Waals surface area contributed by atoms with Gasteiger partial charge in [0.05, 0.1) is 12.6 Å². The van der Waals surface area contributed by atoms with Gasteiger partial charge in [-0.05, 0) is 24.2 Å². The van der Waals surface area contributed by atoms with Crippen LogP contribution in [0.1, 0.15) is 12.5 Å². The molecule has 4 nitrogen and oxygen atoms in total. The van der Waals surface area contributed by atoms with Crippen molar-refractivity contribution < 1.29 is 9.47 Å². The van der Waals surface area contributed by atoms with Crippen LogP contribution in [0.15, 0.2) is 16.6 Å². The summed E-state index contributed by atoms with van der Waals surface area (Å²) < 4.78 is 12.1. The average Bonchev–Trinajstić information content (AvgIpc) is 2.39. The predicted octanol–water partition coefficient (Wildman–Crippen LogP) is 2.57. The molecule has 0 saturated heterocycles. The smallest absolute Gasteiger partial charge is 0.162 e. The number of benzene rings is 1. The van der Waals surface area contributed by atoms with Crippen LogP contribution in [-0.4, -0.2) is 31.2 Å². The van der Waals surface area contributed by atoms with Gasteiger partial charge in [0.1, 0.15) is 13.2 Å². The highest BCUT2D eigenvalue weighted by molar-refractivity contribution is 9.10. The van der Waals surface area contributed by atoms with Crippen molar-refractivity contribution in [2.45, 2.75) is 13.5 Å². The summed E-state index contributed by atoms with van der Waals surface area (Å²) in [5.41, 5.74) is 1.11.